The molecule has 0 N–H and O–H groups in total. The Hall–Kier alpha value is -2.58. The summed E-state index contributed by atoms with van der Waals surface area (Å²) >= 11 is 0. The van der Waals surface area contributed by atoms with Crippen molar-refractivity contribution in [2.24, 2.45) is 11.3 Å². The summed E-state index contributed by atoms with van der Waals surface area (Å²) in [4.78, 5) is 27.3. The van der Waals surface area contributed by atoms with Crippen LogP contribution in [0.3, 0.4) is 0 Å². The predicted molar refractivity (Wildman–Crippen MR) is 93.6 cm³/mol. The van der Waals surface area contributed by atoms with Gasteiger partial charge in [0.05, 0.1) is 45.9 Å². The number of alkyl halides is 5. The number of carbonyl (C=O) groups is 2. The molecule has 31 heavy (non-hydrogen) atoms. The molecular formula is C20H17F5N2O4. The van der Waals surface area contributed by atoms with Gasteiger partial charge in [0.2, 0.25) is 11.8 Å². The molecule has 3 fully saturated rings. The third kappa shape index (κ3) is 2.61. The van der Waals surface area contributed by atoms with Gasteiger partial charge in [-0.15, -0.1) is 0 Å². The van der Waals surface area contributed by atoms with Crippen LogP contribution < -0.4 is 4.90 Å². The molecule has 0 spiro atoms. The van der Waals surface area contributed by atoms with E-state index in [4.69, 9.17) is 10.00 Å². The molecule has 3 aliphatic heterocycles. The molecule has 5 atom stereocenters. The average molecular weight is 444 g/mol. The minimum absolute atomic E-state index is 0.0812. The molecule has 3 aliphatic rings. The molecule has 6 nitrogen and oxygen atoms in total. The number of rotatable bonds is 3. The van der Waals surface area contributed by atoms with Crippen LogP contribution in [0.4, 0.5) is 27.6 Å². The summed E-state index contributed by atoms with van der Waals surface area (Å²) in [5.41, 5.74) is -6.84. The SMILES string of the molecule is CC12C[C@H](OC(F)F)C(C)(O1)[C@]1(C)C(=O)N(c3ccc(C#N)c(C(F)(F)F)c3)C(=O)[C@H]21. The first-order valence-electron chi connectivity index (χ1n) is 9.34. The van der Waals surface area contributed by atoms with E-state index in [2.05, 4.69) is 4.74 Å². The molecule has 0 saturated carbocycles. The van der Waals surface area contributed by atoms with Gasteiger partial charge in [-0.3, -0.25) is 9.59 Å². The third-order valence-corrected chi connectivity index (χ3v) is 6.94. The number of hydrogen-bond donors (Lipinski definition) is 0. The van der Waals surface area contributed by atoms with Crippen LogP contribution in [0.5, 0.6) is 0 Å². The van der Waals surface area contributed by atoms with E-state index in [1.807, 2.05) is 0 Å². The van der Waals surface area contributed by atoms with Gasteiger partial charge in [0, 0.05) is 6.42 Å². The van der Waals surface area contributed by atoms with Crippen LogP contribution in [-0.4, -0.2) is 35.7 Å². The minimum atomic E-state index is -4.89. The lowest BCUT2D eigenvalue weighted by Gasteiger charge is -2.42. The zero-order chi connectivity index (χ0) is 23.1. The highest BCUT2D eigenvalue weighted by atomic mass is 19.4. The molecule has 2 amide bonds. The molecule has 1 aromatic rings. The number of nitrogens with zero attached hydrogens (tertiary/aromatic N) is 2. The smallest absolute Gasteiger partial charge is 0.364 e. The molecule has 3 heterocycles. The fraction of sp³-hybridized carbons (Fsp3) is 0.550. The van der Waals surface area contributed by atoms with Crippen LogP contribution in [-0.2, 0) is 25.2 Å². The number of anilines is 1. The van der Waals surface area contributed by atoms with Gasteiger partial charge in [-0.25, -0.2) is 4.90 Å². The van der Waals surface area contributed by atoms with Gasteiger partial charge in [0.1, 0.15) is 5.60 Å². The lowest BCUT2D eigenvalue weighted by atomic mass is 9.58. The maximum Gasteiger partial charge on any atom is 0.417 e. The summed E-state index contributed by atoms with van der Waals surface area (Å²) < 4.78 is 76.6. The van der Waals surface area contributed by atoms with E-state index >= 15 is 0 Å². The Bertz CT molecular complexity index is 1040. The number of ether oxygens (including phenoxy) is 2. The van der Waals surface area contributed by atoms with E-state index in [1.54, 1.807) is 0 Å². The average Bonchev–Trinajstić information content (AvgIpc) is 3.10. The van der Waals surface area contributed by atoms with Crippen molar-refractivity contribution in [2.45, 2.75) is 57.3 Å². The normalized spacial score (nSPS) is 37.0. The first kappa shape index (κ1) is 21.6. The van der Waals surface area contributed by atoms with E-state index in [0.717, 1.165) is 12.1 Å². The van der Waals surface area contributed by atoms with Crippen molar-refractivity contribution in [1.29, 1.82) is 5.26 Å². The molecule has 0 aromatic heterocycles. The lowest BCUT2D eigenvalue weighted by Crippen LogP contribution is -2.58. The minimum Gasteiger partial charge on any atom is -0.364 e. The topological polar surface area (TPSA) is 79.6 Å². The monoisotopic (exact) mass is 444 g/mol. The Morgan fingerprint density at radius 2 is 1.90 bits per heavy atom. The molecule has 11 heteroatoms. The predicted octanol–water partition coefficient (Wildman–Crippen LogP) is 3.63. The summed E-state index contributed by atoms with van der Waals surface area (Å²) in [6.07, 6.45) is -6.16. The van der Waals surface area contributed by atoms with Crippen LogP contribution in [0, 0.1) is 22.7 Å². The van der Waals surface area contributed by atoms with Crippen LogP contribution in [0.1, 0.15) is 38.3 Å². The highest BCUT2D eigenvalue weighted by molar-refractivity contribution is 6.25. The Morgan fingerprint density at radius 3 is 2.45 bits per heavy atom. The largest absolute Gasteiger partial charge is 0.417 e. The van der Waals surface area contributed by atoms with Crippen LogP contribution in [0.15, 0.2) is 18.2 Å². The van der Waals surface area contributed by atoms with Crippen molar-refractivity contribution in [3.05, 3.63) is 29.3 Å². The van der Waals surface area contributed by atoms with Gasteiger partial charge in [-0.05, 0) is 39.0 Å². The number of carbonyl (C=O) groups excluding carboxylic acids is 2. The van der Waals surface area contributed by atoms with Gasteiger partial charge in [0.15, 0.2) is 0 Å². The van der Waals surface area contributed by atoms with Crippen molar-refractivity contribution in [2.75, 3.05) is 4.90 Å². The number of amides is 2. The highest BCUT2D eigenvalue weighted by Gasteiger charge is 2.82. The number of benzene rings is 1. The molecule has 2 bridgehead atoms. The van der Waals surface area contributed by atoms with Crippen LogP contribution in [0.2, 0.25) is 0 Å². The van der Waals surface area contributed by atoms with Crippen molar-refractivity contribution in [3.8, 4) is 6.07 Å². The van der Waals surface area contributed by atoms with Crippen LogP contribution >= 0.6 is 0 Å². The molecule has 166 valence electrons. The maximum absolute atomic E-state index is 13.4. The summed E-state index contributed by atoms with van der Waals surface area (Å²) in [7, 11) is 0. The fourth-order valence-corrected chi connectivity index (χ4v) is 5.52. The zero-order valence-electron chi connectivity index (χ0n) is 16.6. The van der Waals surface area contributed by atoms with Gasteiger partial charge in [0.25, 0.3) is 0 Å². The first-order valence-corrected chi connectivity index (χ1v) is 9.34. The van der Waals surface area contributed by atoms with E-state index in [0.29, 0.717) is 11.0 Å². The first-order chi connectivity index (χ1) is 14.2. The number of nitriles is 1. The summed E-state index contributed by atoms with van der Waals surface area (Å²) in [6, 6.07) is 3.96. The number of imide groups is 1. The van der Waals surface area contributed by atoms with Crippen molar-refractivity contribution in [1.82, 2.24) is 0 Å². The molecular weight excluding hydrogens is 427 g/mol. The second-order valence-electron chi connectivity index (χ2n) is 8.56. The second-order valence-corrected chi connectivity index (χ2v) is 8.56. The Labute approximate surface area is 173 Å². The molecule has 2 unspecified atom stereocenters. The Kier molecular flexibility index (Phi) is 4.35. The lowest BCUT2D eigenvalue weighted by molar-refractivity contribution is -0.211. The van der Waals surface area contributed by atoms with Crippen molar-refractivity contribution >= 4 is 17.5 Å². The van der Waals surface area contributed by atoms with E-state index in [1.165, 1.54) is 26.8 Å². The highest BCUT2D eigenvalue weighted by Crippen LogP contribution is 2.68. The summed E-state index contributed by atoms with van der Waals surface area (Å²) in [6.45, 7) is 1.16. The van der Waals surface area contributed by atoms with E-state index in [-0.39, 0.29) is 12.1 Å². The third-order valence-electron chi connectivity index (χ3n) is 6.94. The Balaban J connectivity index is 1.82. The van der Waals surface area contributed by atoms with Crippen molar-refractivity contribution < 1.29 is 41.0 Å². The van der Waals surface area contributed by atoms with Gasteiger partial charge in [-0.1, -0.05) is 0 Å². The van der Waals surface area contributed by atoms with Crippen LogP contribution in [0.25, 0.3) is 0 Å². The fourth-order valence-electron chi connectivity index (χ4n) is 5.52. The van der Waals surface area contributed by atoms with Gasteiger partial charge < -0.3 is 9.47 Å². The summed E-state index contributed by atoms with van der Waals surface area (Å²) in [5.74, 6) is -2.75. The molecule has 1 aromatic carbocycles. The standard InChI is InChI=1S/C20H17F5N2O4/c1-17-7-12(30-16(21)22)19(3,31-17)18(2)13(17)14(28)27(15(18)29)10-5-4-9(8-26)11(6-10)20(23,24)25/h4-6,12-13,16H,7H2,1-3H3/t12-,13+,17?,18-,19?/m0/s1. The molecule has 0 aliphatic carbocycles. The molecule has 4 rings (SSSR count). The van der Waals surface area contributed by atoms with E-state index < -0.39 is 64.4 Å². The van der Waals surface area contributed by atoms with Gasteiger partial charge in [-0.2, -0.15) is 27.2 Å². The van der Waals surface area contributed by atoms with E-state index in [9.17, 15) is 31.5 Å². The summed E-state index contributed by atoms with van der Waals surface area (Å²) in [5, 5.41) is 8.97. The maximum atomic E-state index is 13.4. The van der Waals surface area contributed by atoms with Gasteiger partial charge >= 0.3 is 12.8 Å². The molecule has 0 radical (unpaired) electrons. The Morgan fingerprint density at radius 1 is 1.26 bits per heavy atom. The number of hydrogen-bond acceptors (Lipinski definition) is 5. The molecule has 3 saturated heterocycles. The quantitative estimate of drug-likeness (QED) is 0.526. The number of fused-ring (bicyclic) bond motifs is 5. The van der Waals surface area contributed by atoms with Crippen molar-refractivity contribution in [3.63, 3.8) is 0 Å². The zero-order valence-corrected chi connectivity index (χ0v) is 16.6. The number of halogens is 5. The second kappa shape index (κ2) is 6.23.